The lowest BCUT2D eigenvalue weighted by atomic mass is 9.57. The zero-order chi connectivity index (χ0) is 25.8. The number of hydrogen-bond donors (Lipinski definition) is 6. The molecule has 4 atom stereocenters. The van der Waals surface area contributed by atoms with Gasteiger partial charge in [0, 0.05) is 23.8 Å². The van der Waals surface area contributed by atoms with Gasteiger partial charge in [-0.05, 0) is 18.1 Å². The Balaban J connectivity index is 1.92. The third-order valence-corrected chi connectivity index (χ3v) is 6.69. The molecule has 12 heteroatoms. The number of Topliss-reactive ketones (excluding diaryl/α,β-unsaturated/α-hetero) is 2. The number of hydrogen-bond acceptors (Lipinski definition) is 10. The molecule has 1 aromatic rings. The Morgan fingerprint density at radius 2 is 1.77 bits per heavy atom. The molecule has 4 rings (SSSR count). The second kappa shape index (κ2) is 8.24. The average Bonchev–Trinajstić information content (AvgIpc) is 2.77. The number of benzene rings is 1. The van der Waals surface area contributed by atoms with Gasteiger partial charge in [0.25, 0.3) is 5.91 Å². The van der Waals surface area contributed by atoms with Crippen LogP contribution in [-0.2, 0) is 35.1 Å². The van der Waals surface area contributed by atoms with Crippen LogP contribution in [0.3, 0.4) is 0 Å². The molecule has 0 spiro atoms. The first-order valence-corrected chi connectivity index (χ1v) is 10.6. The number of ketones is 2. The van der Waals surface area contributed by atoms with Crippen molar-refractivity contribution in [2.45, 2.75) is 37.4 Å². The lowest BCUT2D eigenvalue weighted by molar-refractivity contribution is -0.178. The van der Waals surface area contributed by atoms with Gasteiger partial charge >= 0.3 is 11.9 Å². The predicted molar refractivity (Wildman–Crippen MR) is 114 cm³/mol. The zero-order valence-corrected chi connectivity index (χ0v) is 18.1. The number of esters is 1. The van der Waals surface area contributed by atoms with E-state index < -0.39 is 94.9 Å². The van der Waals surface area contributed by atoms with Crippen molar-refractivity contribution in [3.05, 3.63) is 46.2 Å². The van der Waals surface area contributed by atoms with Crippen LogP contribution in [-0.4, -0.2) is 66.6 Å². The largest absolute Gasteiger partial charge is 0.508 e. The number of carbonyl (C=O) groups excluding carboxylic acids is 4. The fraction of sp³-hybridized carbons (Fsp3) is 0.348. The number of phenolic OH excluding ortho intramolecular Hbond substituents is 1. The Morgan fingerprint density at radius 1 is 1.09 bits per heavy atom. The molecular weight excluding hydrogens is 466 g/mol. The van der Waals surface area contributed by atoms with E-state index in [1.54, 1.807) is 6.07 Å². The van der Waals surface area contributed by atoms with E-state index in [4.69, 9.17) is 15.6 Å². The lowest BCUT2D eigenvalue weighted by Gasteiger charge is -2.49. The molecule has 1 aromatic carbocycles. The van der Waals surface area contributed by atoms with E-state index in [1.807, 2.05) is 0 Å². The second-order valence-corrected chi connectivity index (χ2v) is 8.65. The molecule has 12 nitrogen and oxygen atoms in total. The highest BCUT2D eigenvalue weighted by molar-refractivity contribution is 6.23. The maximum absolute atomic E-state index is 13.6. The number of nitrogens with two attached hydrogens (primary N) is 1. The Morgan fingerprint density at radius 3 is 2.40 bits per heavy atom. The van der Waals surface area contributed by atoms with Crippen LogP contribution in [0.4, 0.5) is 0 Å². The van der Waals surface area contributed by atoms with Gasteiger partial charge in [-0.25, -0.2) is 0 Å². The molecule has 0 unspecified atom stereocenters. The van der Waals surface area contributed by atoms with Gasteiger partial charge in [-0.15, -0.1) is 0 Å². The summed E-state index contributed by atoms with van der Waals surface area (Å²) in [6.07, 6.45) is -3.42. The van der Waals surface area contributed by atoms with Crippen molar-refractivity contribution in [2.75, 3.05) is 0 Å². The van der Waals surface area contributed by atoms with Gasteiger partial charge in [-0.1, -0.05) is 12.1 Å². The molecule has 3 aliphatic rings. The molecule has 0 saturated heterocycles. The van der Waals surface area contributed by atoms with Gasteiger partial charge in [-0.2, -0.15) is 0 Å². The van der Waals surface area contributed by atoms with Crippen LogP contribution < -0.4 is 5.73 Å². The topological polar surface area (TPSA) is 222 Å². The van der Waals surface area contributed by atoms with Crippen molar-refractivity contribution in [1.29, 1.82) is 0 Å². The Bertz CT molecular complexity index is 1260. The number of ether oxygens (including phenoxy) is 1. The number of phenols is 1. The Kier molecular flexibility index (Phi) is 5.64. The molecule has 0 aromatic heterocycles. The summed E-state index contributed by atoms with van der Waals surface area (Å²) in [4.78, 5) is 61.3. The van der Waals surface area contributed by atoms with Crippen LogP contribution in [0.25, 0.3) is 5.76 Å². The van der Waals surface area contributed by atoms with Crippen LogP contribution >= 0.6 is 0 Å². The van der Waals surface area contributed by atoms with Crippen LogP contribution in [0.5, 0.6) is 5.75 Å². The highest BCUT2D eigenvalue weighted by Gasteiger charge is 2.65. The highest BCUT2D eigenvalue weighted by atomic mass is 16.5. The molecule has 0 radical (unpaired) electrons. The number of aliphatic carboxylic acids is 1. The minimum Gasteiger partial charge on any atom is -0.508 e. The first-order valence-electron chi connectivity index (χ1n) is 10.6. The van der Waals surface area contributed by atoms with Crippen LogP contribution in [0.2, 0.25) is 0 Å². The van der Waals surface area contributed by atoms with Gasteiger partial charge < -0.3 is 36.0 Å². The molecule has 0 heterocycles. The number of carbonyl (C=O) groups is 5. The zero-order valence-electron chi connectivity index (χ0n) is 18.1. The molecule has 0 aliphatic heterocycles. The molecule has 184 valence electrons. The number of aliphatic hydroxyl groups excluding tert-OH is 2. The van der Waals surface area contributed by atoms with E-state index in [-0.39, 0.29) is 17.7 Å². The summed E-state index contributed by atoms with van der Waals surface area (Å²) in [5.74, 6) is -11.1. The number of aliphatic hydroxyl groups is 3. The maximum atomic E-state index is 13.6. The van der Waals surface area contributed by atoms with Crippen molar-refractivity contribution >= 4 is 35.2 Å². The van der Waals surface area contributed by atoms with Gasteiger partial charge in [0.15, 0.2) is 11.4 Å². The van der Waals surface area contributed by atoms with Gasteiger partial charge in [0.05, 0.1) is 18.4 Å². The van der Waals surface area contributed by atoms with Crippen molar-refractivity contribution in [2.24, 2.45) is 17.6 Å². The summed E-state index contributed by atoms with van der Waals surface area (Å²) in [5.41, 5.74) is 0.996. The first kappa shape index (κ1) is 24.0. The summed E-state index contributed by atoms with van der Waals surface area (Å²) in [7, 11) is 0. The molecule has 7 N–H and O–H groups in total. The number of carboxylic acid groups (broad SMARTS) is 1. The third kappa shape index (κ3) is 3.53. The number of aromatic hydroxyl groups is 1. The van der Waals surface area contributed by atoms with Crippen LogP contribution in [0, 0.1) is 11.8 Å². The average molecular weight is 487 g/mol. The smallest absolute Gasteiger partial charge is 0.306 e. The van der Waals surface area contributed by atoms with E-state index >= 15 is 0 Å². The summed E-state index contributed by atoms with van der Waals surface area (Å²) in [6, 6.07) is 4.29. The molecule has 1 fully saturated rings. The number of carboxylic acids is 1. The van der Waals surface area contributed by atoms with Gasteiger partial charge in [0.2, 0.25) is 5.78 Å². The van der Waals surface area contributed by atoms with Crippen molar-refractivity contribution in [1.82, 2.24) is 0 Å². The standard InChI is InChI=1S/C23H21NO11/c24-22(33)17-12(26)7-10-19(35-14(29)5-4-13(27)28)9-6-8-2-1-3-11(25)15(8)18(30)16(9)20(31)23(10,34)21(17)32/h1-3,9-10,19,25,30,32,34H,4-7H2,(H2,24,33)(H,27,28)/t9-,10-,19+,23+/m1/s1. The number of amides is 1. The van der Waals surface area contributed by atoms with E-state index in [9.17, 15) is 44.4 Å². The monoisotopic (exact) mass is 487 g/mol. The quantitative estimate of drug-likeness (QED) is 0.236. The Labute approximate surface area is 196 Å². The van der Waals surface area contributed by atoms with Crippen LogP contribution in [0.1, 0.15) is 30.4 Å². The van der Waals surface area contributed by atoms with E-state index in [0.29, 0.717) is 5.56 Å². The van der Waals surface area contributed by atoms with E-state index in [0.717, 1.165) is 0 Å². The number of fused-ring (bicyclic) bond motifs is 3. The van der Waals surface area contributed by atoms with E-state index in [1.165, 1.54) is 12.1 Å². The SMILES string of the molecule is NC(=O)C1=C(O)[C@@]2(O)C(=O)C3=C(O)c4c(O)cccc4C[C@H]3[C@H](OC(=O)CCC(=O)O)[C@H]2CC1=O. The molecule has 0 bridgehead atoms. The maximum Gasteiger partial charge on any atom is 0.306 e. The van der Waals surface area contributed by atoms with Gasteiger partial charge in [0.1, 0.15) is 28.9 Å². The van der Waals surface area contributed by atoms with Crippen molar-refractivity contribution < 1.29 is 54.2 Å². The lowest BCUT2D eigenvalue weighted by Crippen LogP contribution is -2.64. The molecule has 35 heavy (non-hydrogen) atoms. The molecule has 1 amide bonds. The van der Waals surface area contributed by atoms with Crippen LogP contribution in [0.15, 0.2) is 35.1 Å². The normalized spacial score (nSPS) is 27.6. The fourth-order valence-corrected chi connectivity index (χ4v) is 5.14. The molecule has 1 saturated carbocycles. The predicted octanol–water partition coefficient (Wildman–Crippen LogP) is -0.190. The molecule has 3 aliphatic carbocycles. The summed E-state index contributed by atoms with van der Waals surface area (Å²) in [5, 5.41) is 52.2. The Hall–Kier alpha value is -4.19. The highest BCUT2D eigenvalue weighted by Crippen LogP contribution is 2.52. The summed E-state index contributed by atoms with van der Waals surface area (Å²) >= 11 is 0. The number of primary amides is 1. The van der Waals surface area contributed by atoms with Crippen molar-refractivity contribution in [3.8, 4) is 5.75 Å². The molecular formula is C23H21NO11. The fourth-order valence-electron chi connectivity index (χ4n) is 5.14. The van der Waals surface area contributed by atoms with Gasteiger partial charge in [-0.3, -0.25) is 24.0 Å². The third-order valence-electron chi connectivity index (χ3n) is 6.69. The van der Waals surface area contributed by atoms with E-state index in [2.05, 4.69) is 0 Å². The van der Waals surface area contributed by atoms with Crippen molar-refractivity contribution in [3.63, 3.8) is 0 Å². The second-order valence-electron chi connectivity index (χ2n) is 8.65. The summed E-state index contributed by atoms with van der Waals surface area (Å²) in [6.45, 7) is 0. The number of rotatable bonds is 5. The summed E-state index contributed by atoms with van der Waals surface area (Å²) < 4.78 is 5.46. The first-order chi connectivity index (χ1) is 16.4. The minimum absolute atomic E-state index is 0.0698. The minimum atomic E-state index is -2.96.